The van der Waals surface area contributed by atoms with E-state index in [0.29, 0.717) is 23.8 Å². The molecule has 4 saturated carbocycles. The van der Waals surface area contributed by atoms with Gasteiger partial charge in [0.2, 0.25) is 17.7 Å². The number of ether oxygens (including phenoxy) is 1. The molecule has 0 unspecified atom stereocenters. The number of esters is 1. The molecule has 1 aromatic rings. The van der Waals surface area contributed by atoms with E-state index in [2.05, 4.69) is 25.0 Å². The molecule has 4 bridgehead atoms. The van der Waals surface area contributed by atoms with E-state index in [-0.39, 0.29) is 11.8 Å². The average Bonchev–Trinajstić information content (AvgIpc) is 2.49. The number of hydrogen-bond donors (Lipinski definition) is 2. The van der Waals surface area contributed by atoms with Crippen molar-refractivity contribution in [2.24, 2.45) is 23.7 Å². The molecule has 7 heteroatoms. The monoisotopic (exact) mass is 303 g/mol. The Labute approximate surface area is 129 Å². The molecule has 4 aliphatic carbocycles. The number of nitrogens with one attached hydrogen (secondary N) is 1. The van der Waals surface area contributed by atoms with Gasteiger partial charge in [-0.3, -0.25) is 0 Å². The lowest BCUT2D eigenvalue weighted by molar-refractivity contribution is 0.00727. The van der Waals surface area contributed by atoms with E-state index < -0.39 is 5.97 Å². The van der Waals surface area contributed by atoms with Gasteiger partial charge < -0.3 is 15.8 Å². The zero-order chi connectivity index (χ0) is 15.3. The molecule has 3 N–H and O–H groups in total. The van der Waals surface area contributed by atoms with Gasteiger partial charge in [-0.15, -0.1) is 0 Å². The third kappa shape index (κ3) is 2.28. The lowest BCUT2D eigenvalue weighted by atomic mass is 9.54. The predicted octanol–water partition coefficient (Wildman–Crippen LogP) is 1.48. The second-order valence-electron chi connectivity index (χ2n) is 6.93. The maximum Gasteiger partial charge on any atom is 0.376 e. The summed E-state index contributed by atoms with van der Waals surface area (Å²) in [6.07, 6.45) is 6.62. The van der Waals surface area contributed by atoms with E-state index >= 15 is 0 Å². The summed E-state index contributed by atoms with van der Waals surface area (Å²) in [5.74, 6) is 3.01. The van der Waals surface area contributed by atoms with Gasteiger partial charge in [0.1, 0.15) is 0 Å². The van der Waals surface area contributed by atoms with Crippen LogP contribution in [0.4, 0.5) is 11.9 Å². The van der Waals surface area contributed by atoms with E-state index in [0.717, 1.165) is 11.8 Å². The maximum absolute atomic E-state index is 11.6. The van der Waals surface area contributed by atoms with Crippen LogP contribution in [0.2, 0.25) is 0 Å². The summed E-state index contributed by atoms with van der Waals surface area (Å²) in [4.78, 5) is 23.7. The number of nitrogens with two attached hydrogens (primary N) is 1. The van der Waals surface area contributed by atoms with E-state index in [4.69, 9.17) is 5.73 Å². The Hall–Kier alpha value is -1.92. The van der Waals surface area contributed by atoms with Crippen molar-refractivity contribution in [2.45, 2.75) is 38.1 Å². The Morgan fingerprint density at radius 2 is 1.73 bits per heavy atom. The van der Waals surface area contributed by atoms with Crippen LogP contribution in [0.15, 0.2) is 0 Å². The molecule has 118 valence electrons. The Kier molecular flexibility index (Phi) is 3.16. The zero-order valence-corrected chi connectivity index (χ0v) is 12.7. The molecule has 0 amide bonds. The molecule has 0 saturated heterocycles. The highest BCUT2D eigenvalue weighted by atomic mass is 16.5. The molecule has 5 rings (SSSR count). The Morgan fingerprint density at radius 1 is 1.09 bits per heavy atom. The molecule has 7 nitrogen and oxygen atoms in total. The van der Waals surface area contributed by atoms with Gasteiger partial charge in [0, 0.05) is 6.04 Å². The van der Waals surface area contributed by atoms with Crippen molar-refractivity contribution < 1.29 is 9.53 Å². The minimum atomic E-state index is -0.595. The van der Waals surface area contributed by atoms with E-state index in [1.165, 1.54) is 39.2 Å². The number of carbonyl (C=O) groups is 1. The fourth-order valence-corrected chi connectivity index (χ4v) is 4.95. The van der Waals surface area contributed by atoms with Gasteiger partial charge in [-0.25, -0.2) is 4.79 Å². The molecule has 0 atom stereocenters. The predicted molar refractivity (Wildman–Crippen MR) is 80.0 cm³/mol. The van der Waals surface area contributed by atoms with E-state index in [1.807, 2.05) is 0 Å². The number of rotatable bonds is 3. The van der Waals surface area contributed by atoms with Crippen LogP contribution in [0.5, 0.6) is 0 Å². The third-order valence-corrected chi connectivity index (χ3v) is 5.54. The first-order chi connectivity index (χ1) is 10.6. The number of nitrogen functional groups attached to an aromatic ring is 1. The topological polar surface area (TPSA) is 103 Å². The van der Waals surface area contributed by atoms with Gasteiger partial charge in [0.05, 0.1) is 7.11 Å². The normalized spacial score (nSPS) is 35.4. The van der Waals surface area contributed by atoms with Crippen molar-refractivity contribution in [3.05, 3.63) is 5.82 Å². The first-order valence-corrected chi connectivity index (χ1v) is 7.98. The summed E-state index contributed by atoms with van der Waals surface area (Å²) < 4.78 is 4.66. The average molecular weight is 303 g/mol. The first-order valence-electron chi connectivity index (χ1n) is 7.98. The molecule has 0 aromatic carbocycles. The summed E-state index contributed by atoms with van der Waals surface area (Å²) >= 11 is 0. The second-order valence-corrected chi connectivity index (χ2v) is 6.93. The number of aromatic nitrogens is 3. The minimum Gasteiger partial charge on any atom is -0.463 e. The van der Waals surface area contributed by atoms with Gasteiger partial charge >= 0.3 is 5.97 Å². The zero-order valence-electron chi connectivity index (χ0n) is 12.7. The molecule has 0 aliphatic heterocycles. The van der Waals surface area contributed by atoms with Crippen molar-refractivity contribution in [2.75, 3.05) is 18.2 Å². The molecule has 0 radical (unpaired) electrons. The summed E-state index contributed by atoms with van der Waals surface area (Å²) in [6.45, 7) is 0. The summed E-state index contributed by atoms with van der Waals surface area (Å²) in [6, 6.07) is 0.389. The smallest absolute Gasteiger partial charge is 0.376 e. The lowest BCUT2D eigenvalue weighted by Crippen LogP contribution is -2.51. The fourth-order valence-electron chi connectivity index (χ4n) is 4.95. The van der Waals surface area contributed by atoms with Crippen molar-refractivity contribution in [1.29, 1.82) is 0 Å². The number of methoxy groups -OCH3 is 1. The van der Waals surface area contributed by atoms with Crippen molar-refractivity contribution in [1.82, 2.24) is 15.0 Å². The molecular formula is C15H21N5O2. The van der Waals surface area contributed by atoms with Crippen LogP contribution in [0, 0.1) is 23.7 Å². The molecular weight excluding hydrogens is 282 g/mol. The molecule has 22 heavy (non-hydrogen) atoms. The lowest BCUT2D eigenvalue weighted by Gasteiger charge is -2.54. The SMILES string of the molecule is COC(=O)c1nc(N)nc(NC2C3CC4CC(C3)CC2C4)n1. The second kappa shape index (κ2) is 5.07. The van der Waals surface area contributed by atoms with Crippen molar-refractivity contribution >= 4 is 17.9 Å². The Bertz CT molecular complexity index is 578. The van der Waals surface area contributed by atoms with Crippen LogP contribution in [0.25, 0.3) is 0 Å². The number of hydrogen-bond acceptors (Lipinski definition) is 7. The van der Waals surface area contributed by atoms with Crippen molar-refractivity contribution in [3.63, 3.8) is 0 Å². The molecule has 4 fully saturated rings. The van der Waals surface area contributed by atoms with Crippen LogP contribution in [0.1, 0.15) is 42.7 Å². The highest BCUT2D eigenvalue weighted by Crippen LogP contribution is 2.54. The highest BCUT2D eigenvalue weighted by molar-refractivity contribution is 5.85. The molecule has 4 aliphatic rings. The summed E-state index contributed by atoms with van der Waals surface area (Å²) in [5, 5.41) is 3.43. The largest absolute Gasteiger partial charge is 0.463 e. The van der Waals surface area contributed by atoms with Gasteiger partial charge in [-0.05, 0) is 55.8 Å². The van der Waals surface area contributed by atoms with Gasteiger partial charge in [-0.2, -0.15) is 15.0 Å². The first kappa shape index (κ1) is 13.7. The van der Waals surface area contributed by atoms with Crippen LogP contribution in [-0.4, -0.2) is 34.1 Å². The van der Waals surface area contributed by atoms with Crippen molar-refractivity contribution in [3.8, 4) is 0 Å². The molecule has 1 aromatic heterocycles. The number of nitrogens with zero attached hydrogens (tertiary/aromatic N) is 3. The fraction of sp³-hybridized carbons (Fsp3) is 0.733. The summed E-state index contributed by atoms with van der Waals surface area (Å²) in [7, 11) is 1.30. The minimum absolute atomic E-state index is 0.0404. The van der Waals surface area contributed by atoms with Crippen LogP contribution in [-0.2, 0) is 4.74 Å². The van der Waals surface area contributed by atoms with Gasteiger partial charge in [0.25, 0.3) is 0 Å². The number of carbonyl (C=O) groups excluding carboxylic acids is 1. The van der Waals surface area contributed by atoms with Gasteiger partial charge in [0.15, 0.2) is 0 Å². The third-order valence-electron chi connectivity index (χ3n) is 5.54. The maximum atomic E-state index is 11.6. The highest BCUT2D eigenvalue weighted by Gasteiger charge is 2.48. The quantitative estimate of drug-likeness (QED) is 0.815. The van der Waals surface area contributed by atoms with E-state index in [9.17, 15) is 4.79 Å². The van der Waals surface area contributed by atoms with Gasteiger partial charge in [-0.1, -0.05) is 0 Å². The standard InChI is InChI=1S/C15H21N5O2/c1-22-13(21)12-18-14(16)20-15(19-12)17-11-9-3-7-2-8(5-9)6-10(11)4-7/h7-11H,2-6H2,1H3,(H3,16,17,18,19,20). The Morgan fingerprint density at radius 3 is 2.32 bits per heavy atom. The summed E-state index contributed by atoms with van der Waals surface area (Å²) in [5.41, 5.74) is 5.69. The van der Waals surface area contributed by atoms with E-state index in [1.54, 1.807) is 0 Å². The van der Waals surface area contributed by atoms with Crippen LogP contribution in [0.3, 0.4) is 0 Å². The van der Waals surface area contributed by atoms with Crippen LogP contribution >= 0.6 is 0 Å². The number of anilines is 2. The molecule has 1 heterocycles. The molecule has 0 spiro atoms. The van der Waals surface area contributed by atoms with Crippen LogP contribution < -0.4 is 11.1 Å². The Balaban J connectivity index is 1.56.